The van der Waals surface area contributed by atoms with Gasteiger partial charge in [-0.15, -0.1) is 0 Å². The second kappa shape index (κ2) is 5.30. The van der Waals surface area contributed by atoms with Gasteiger partial charge in [0.15, 0.2) is 0 Å². The molecule has 1 aliphatic carbocycles. The molecule has 2 heteroatoms. The molecular formula is C19H18N2. The fourth-order valence-electron chi connectivity index (χ4n) is 3.28. The molecule has 2 aromatic carbocycles. The minimum atomic E-state index is 0.543. The zero-order chi connectivity index (χ0) is 14.1. The number of hydrogen-bond donors (Lipinski definition) is 1. The Morgan fingerprint density at radius 2 is 1.62 bits per heavy atom. The summed E-state index contributed by atoms with van der Waals surface area (Å²) < 4.78 is 0. The van der Waals surface area contributed by atoms with E-state index in [1.54, 1.807) is 0 Å². The number of fused-ring (bicyclic) bond motifs is 2. The molecule has 1 aliphatic rings. The van der Waals surface area contributed by atoms with Crippen molar-refractivity contribution in [2.75, 3.05) is 0 Å². The summed E-state index contributed by atoms with van der Waals surface area (Å²) in [6.45, 7) is 0.882. The molecule has 0 saturated heterocycles. The maximum atomic E-state index is 4.36. The van der Waals surface area contributed by atoms with Crippen molar-refractivity contribution in [3.05, 3.63) is 77.6 Å². The van der Waals surface area contributed by atoms with Crippen LogP contribution in [0.3, 0.4) is 0 Å². The summed E-state index contributed by atoms with van der Waals surface area (Å²) in [6, 6.07) is 17.8. The molecule has 1 N–H and O–H groups in total. The zero-order valence-corrected chi connectivity index (χ0v) is 11.9. The van der Waals surface area contributed by atoms with E-state index in [4.69, 9.17) is 0 Å². The normalized spacial score (nSPS) is 14.5. The smallest absolute Gasteiger partial charge is 0.0346 e. The van der Waals surface area contributed by atoms with Gasteiger partial charge in [-0.25, -0.2) is 0 Å². The largest absolute Gasteiger partial charge is 0.309 e. The highest BCUT2D eigenvalue weighted by atomic mass is 14.9. The van der Waals surface area contributed by atoms with Crippen LogP contribution in [0.1, 0.15) is 16.7 Å². The van der Waals surface area contributed by atoms with E-state index in [1.165, 1.54) is 27.5 Å². The summed E-state index contributed by atoms with van der Waals surface area (Å²) in [5.74, 6) is 0. The quantitative estimate of drug-likeness (QED) is 0.791. The third kappa shape index (κ3) is 2.43. The Morgan fingerprint density at radius 3 is 2.43 bits per heavy atom. The van der Waals surface area contributed by atoms with Crippen LogP contribution in [0.4, 0.5) is 0 Å². The van der Waals surface area contributed by atoms with Gasteiger partial charge in [-0.05, 0) is 34.9 Å². The Kier molecular flexibility index (Phi) is 3.17. The first kappa shape index (κ1) is 12.5. The number of nitrogens with one attached hydrogen (secondary N) is 1. The van der Waals surface area contributed by atoms with Crippen molar-refractivity contribution in [2.24, 2.45) is 0 Å². The first-order valence-corrected chi connectivity index (χ1v) is 7.52. The van der Waals surface area contributed by atoms with Gasteiger partial charge < -0.3 is 5.32 Å². The Bertz CT molecular complexity index is 749. The Balaban J connectivity index is 1.50. The summed E-state index contributed by atoms with van der Waals surface area (Å²) in [5.41, 5.74) is 4.26. The van der Waals surface area contributed by atoms with Crippen LogP contribution < -0.4 is 5.32 Å². The van der Waals surface area contributed by atoms with Crippen molar-refractivity contribution >= 4 is 10.8 Å². The number of aromatic nitrogens is 1. The summed E-state index contributed by atoms with van der Waals surface area (Å²) in [6.07, 6.45) is 6.18. The van der Waals surface area contributed by atoms with E-state index in [2.05, 4.69) is 58.8 Å². The van der Waals surface area contributed by atoms with Crippen LogP contribution in [-0.4, -0.2) is 11.0 Å². The molecule has 1 aromatic heterocycles. The molecule has 104 valence electrons. The van der Waals surface area contributed by atoms with E-state index >= 15 is 0 Å². The molecule has 21 heavy (non-hydrogen) atoms. The predicted molar refractivity (Wildman–Crippen MR) is 86.2 cm³/mol. The van der Waals surface area contributed by atoms with Crippen molar-refractivity contribution in [2.45, 2.75) is 25.4 Å². The SMILES string of the molecule is c1ccc2c(c1)CC(NCc1cncc3ccccc13)C2. The van der Waals surface area contributed by atoms with Gasteiger partial charge in [0.1, 0.15) is 0 Å². The van der Waals surface area contributed by atoms with Gasteiger partial charge in [-0.3, -0.25) is 4.98 Å². The molecule has 0 amide bonds. The lowest BCUT2D eigenvalue weighted by Gasteiger charge is -2.13. The van der Waals surface area contributed by atoms with E-state index in [-0.39, 0.29) is 0 Å². The van der Waals surface area contributed by atoms with Crippen LogP contribution >= 0.6 is 0 Å². The summed E-state index contributed by atoms with van der Waals surface area (Å²) in [5, 5.41) is 6.21. The molecular weight excluding hydrogens is 256 g/mol. The lowest BCUT2D eigenvalue weighted by molar-refractivity contribution is 0.533. The second-order valence-corrected chi connectivity index (χ2v) is 5.77. The Hall–Kier alpha value is -2.19. The molecule has 0 atom stereocenters. The van der Waals surface area contributed by atoms with E-state index in [0.717, 1.165) is 19.4 Å². The second-order valence-electron chi connectivity index (χ2n) is 5.77. The molecule has 0 unspecified atom stereocenters. The third-order valence-electron chi connectivity index (χ3n) is 4.38. The van der Waals surface area contributed by atoms with Crippen LogP contribution in [0.25, 0.3) is 10.8 Å². The zero-order valence-electron chi connectivity index (χ0n) is 11.9. The number of rotatable bonds is 3. The molecule has 0 bridgehead atoms. The number of nitrogens with zero attached hydrogens (tertiary/aromatic N) is 1. The minimum absolute atomic E-state index is 0.543. The minimum Gasteiger partial charge on any atom is -0.309 e. The number of benzene rings is 2. The lowest BCUT2D eigenvalue weighted by Crippen LogP contribution is -2.29. The van der Waals surface area contributed by atoms with Crippen LogP contribution in [0.5, 0.6) is 0 Å². The monoisotopic (exact) mass is 274 g/mol. The number of hydrogen-bond acceptors (Lipinski definition) is 2. The standard InChI is InChI=1S/C19H18N2/c1-2-6-15-10-18(9-14(15)5-1)21-13-17-12-20-11-16-7-3-4-8-19(16)17/h1-8,11-12,18,21H,9-10,13H2. The highest BCUT2D eigenvalue weighted by Gasteiger charge is 2.20. The van der Waals surface area contributed by atoms with Crippen LogP contribution in [0.2, 0.25) is 0 Å². The van der Waals surface area contributed by atoms with Gasteiger partial charge in [0, 0.05) is 30.4 Å². The molecule has 0 saturated carbocycles. The third-order valence-corrected chi connectivity index (χ3v) is 4.38. The molecule has 0 spiro atoms. The molecule has 4 rings (SSSR count). The fraction of sp³-hybridized carbons (Fsp3) is 0.211. The molecule has 2 nitrogen and oxygen atoms in total. The van der Waals surface area contributed by atoms with Crippen molar-refractivity contribution in [1.82, 2.24) is 10.3 Å². The maximum absolute atomic E-state index is 4.36. The van der Waals surface area contributed by atoms with Gasteiger partial charge in [0.2, 0.25) is 0 Å². The van der Waals surface area contributed by atoms with Gasteiger partial charge in [0.05, 0.1) is 0 Å². The Labute approximate surface area is 124 Å². The maximum Gasteiger partial charge on any atom is 0.0346 e. The number of pyridine rings is 1. The highest BCUT2D eigenvalue weighted by Crippen LogP contribution is 2.22. The first-order valence-electron chi connectivity index (χ1n) is 7.52. The predicted octanol–water partition coefficient (Wildman–Crippen LogP) is 3.49. The molecule has 1 heterocycles. The average molecular weight is 274 g/mol. The van der Waals surface area contributed by atoms with E-state index in [1.807, 2.05) is 12.4 Å². The van der Waals surface area contributed by atoms with Gasteiger partial charge in [-0.1, -0.05) is 48.5 Å². The van der Waals surface area contributed by atoms with Gasteiger partial charge in [0.25, 0.3) is 0 Å². The highest BCUT2D eigenvalue weighted by molar-refractivity contribution is 5.84. The topological polar surface area (TPSA) is 24.9 Å². The molecule has 0 fully saturated rings. The van der Waals surface area contributed by atoms with Crippen molar-refractivity contribution < 1.29 is 0 Å². The van der Waals surface area contributed by atoms with Crippen molar-refractivity contribution in [3.63, 3.8) is 0 Å². The van der Waals surface area contributed by atoms with Gasteiger partial charge >= 0.3 is 0 Å². The molecule has 3 aromatic rings. The first-order chi connectivity index (χ1) is 10.4. The van der Waals surface area contributed by atoms with E-state index < -0.39 is 0 Å². The summed E-state index contributed by atoms with van der Waals surface area (Å²) >= 11 is 0. The fourth-order valence-corrected chi connectivity index (χ4v) is 3.28. The van der Waals surface area contributed by atoms with E-state index in [0.29, 0.717) is 6.04 Å². The molecule has 0 aliphatic heterocycles. The van der Waals surface area contributed by atoms with Gasteiger partial charge in [-0.2, -0.15) is 0 Å². The van der Waals surface area contributed by atoms with Crippen LogP contribution in [0, 0.1) is 0 Å². The van der Waals surface area contributed by atoms with Crippen LogP contribution in [0.15, 0.2) is 60.9 Å². The summed E-state index contributed by atoms with van der Waals surface area (Å²) in [7, 11) is 0. The van der Waals surface area contributed by atoms with Crippen molar-refractivity contribution in [1.29, 1.82) is 0 Å². The molecule has 0 radical (unpaired) electrons. The van der Waals surface area contributed by atoms with Crippen molar-refractivity contribution in [3.8, 4) is 0 Å². The average Bonchev–Trinajstić information content (AvgIpc) is 2.96. The van der Waals surface area contributed by atoms with E-state index in [9.17, 15) is 0 Å². The van der Waals surface area contributed by atoms with Crippen LogP contribution in [-0.2, 0) is 19.4 Å². The Morgan fingerprint density at radius 1 is 0.905 bits per heavy atom. The summed E-state index contributed by atoms with van der Waals surface area (Å²) in [4.78, 5) is 4.36. The lowest BCUT2D eigenvalue weighted by atomic mass is 10.1.